The second-order valence-electron chi connectivity index (χ2n) is 8.36. The lowest BCUT2D eigenvalue weighted by atomic mass is 9.46. The summed E-state index contributed by atoms with van der Waals surface area (Å²) in [5.41, 5.74) is 1.36. The number of hydrogen-bond acceptors (Lipinski definition) is 2. The van der Waals surface area contributed by atoms with Crippen LogP contribution in [0.3, 0.4) is 0 Å². The van der Waals surface area contributed by atoms with Crippen molar-refractivity contribution in [3.05, 3.63) is 23.3 Å². The van der Waals surface area contributed by atoms with Gasteiger partial charge in [0.25, 0.3) is 0 Å². The van der Waals surface area contributed by atoms with Crippen LogP contribution < -0.4 is 5.32 Å². The maximum atomic E-state index is 11.9. The summed E-state index contributed by atoms with van der Waals surface area (Å²) in [6, 6.07) is 0. The molecule has 1 amide bonds. The highest BCUT2D eigenvalue weighted by molar-refractivity contribution is 5.95. The van der Waals surface area contributed by atoms with E-state index in [0.717, 1.165) is 44.1 Å². The summed E-state index contributed by atoms with van der Waals surface area (Å²) >= 11 is 0. The molecule has 0 aromatic rings. The molecule has 1 heterocycles. The molecule has 2 aliphatic carbocycles. The highest BCUT2D eigenvalue weighted by atomic mass is 16.4. The van der Waals surface area contributed by atoms with Gasteiger partial charge in [0.2, 0.25) is 5.91 Å². The second-order valence-corrected chi connectivity index (χ2v) is 8.36. The quantitative estimate of drug-likeness (QED) is 0.825. The van der Waals surface area contributed by atoms with Crippen LogP contribution >= 0.6 is 0 Å². The van der Waals surface area contributed by atoms with Crippen molar-refractivity contribution >= 4 is 11.9 Å². The summed E-state index contributed by atoms with van der Waals surface area (Å²) in [6.07, 6.45) is 9.62. The molecule has 0 bridgehead atoms. The van der Waals surface area contributed by atoms with Crippen LogP contribution in [0.5, 0.6) is 0 Å². The van der Waals surface area contributed by atoms with Crippen molar-refractivity contribution in [2.75, 3.05) is 6.54 Å². The lowest BCUT2D eigenvalue weighted by Gasteiger charge is -2.57. The smallest absolute Gasteiger partial charge is 0.331 e. The van der Waals surface area contributed by atoms with Crippen molar-refractivity contribution in [3.63, 3.8) is 0 Å². The van der Waals surface area contributed by atoms with E-state index in [9.17, 15) is 14.7 Å². The van der Waals surface area contributed by atoms with Crippen LogP contribution in [0.15, 0.2) is 23.3 Å². The van der Waals surface area contributed by atoms with Crippen molar-refractivity contribution in [1.29, 1.82) is 0 Å². The highest BCUT2D eigenvalue weighted by Crippen LogP contribution is 2.62. The zero-order valence-corrected chi connectivity index (χ0v) is 15.0. The van der Waals surface area contributed by atoms with Crippen LogP contribution in [0, 0.1) is 22.7 Å². The molecule has 0 aromatic carbocycles. The summed E-state index contributed by atoms with van der Waals surface area (Å²) in [6.45, 7) is 7.44. The molecule has 0 aromatic heterocycles. The number of allylic oxidation sites excluding steroid dienone is 1. The molecule has 24 heavy (non-hydrogen) atoms. The summed E-state index contributed by atoms with van der Waals surface area (Å²) in [4.78, 5) is 23.6. The van der Waals surface area contributed by atoms with E-state index in [1.165, 1.54) is 0 Å². The molecule has 1 saturated carbocycles. The van der Waals surface area contributed by atoms with E-state index in [1.54, 1.807) is 0 Å². The van der Waals surface area contributed by atoms with E-state index in [4.69, 9.17) is 0 Å². The topological polar surface area (TPSA) is 66.4 Å². The third-order valence-electron chi connectivity index (χ3n) is 7.27. The van der Waals surface area contributed by atoms with Crippen molar-refractivity contribution in [1.82, 2.24) is 5.32 Å². The predicted octanol–water partition coefficient (Wildman–Crippen LogP) is 3.69. The van der Waals surface area contributed by atoms with Gasteiger partial charge < -0.3 is 10.4 Å². The standard InChI is InChI=1S/C20H29NO3/c1-13-7-10-20(3)15(18(23)24)5-4-6-16(20)19(13,2)11-8-14-9-12-21-17(14)22/h5,9,13,16H,4,6-8,10-12H2,1-3H3,(H,21,22)(H,23,24)/t13?,16?,19-,20-/m0/s1. The summed E-state index contributed by atoms with van der Waals surface area (Å²) in [7, 11) is 0. The average Bonchev–Trinajstić information content (AvgIpc) is 2.94. The van der Waals surface area contributed by atoms with Crippen molar-refractivity contribution in [2.45, 2.75) is 59.3 Å². The van der Waals surface area contributed by atoms with Gasteiger partial charge in [-0.2, -0.15) is 0 Å². The molecule has 0 saturated heterocycles. The zero-order chi connectivity index (χ0) is 17.5. The van der Waals surface area contributed by atoms with Crippen LogP contribution in [0.25, 0.3) is 0 Å². The second kappa shape index (κ2) is 6.05. The molecule has 2 N–H and O–H groups in total. The Morgan fingerprint density at radius 2 is 2.08 bits per heavy atom. The first kappa shape index (κ1) is 17.2. The predicted molar refractivity (Wildman–Crippen MR) is 93.4 cm³/mol. The first-order valence-electron chi connectivity index (χ1n) is 9.20. The van der Waals surface area contributed by atoms with Crippen molar-refractivity contribution in [2.24, 2.45) is 22.7 Å². The summed E-state index contributed by atoms with van der Waals surface area (Å²) in [5, 5.41) is 12.5. The number of amides is 1. The summed E-state index contributed by atoms with van der Waals surface area (Å²) in [5.74, 6) is 0.236. The molecule has 4 atom stereocenters. The molecule has 132 valence electrons. The lowest BCUT2D eigenvalue weighted by molar-refractivity contribution is -0.137. The fourth-order valence-corrected chi connectivity index (χ4v) is 5.53. The molecule has 0 radical (unpaired) electrons. The number of rotatable bonds is 4. The van der Waals surface area contributed by atoms with E-state index in [-0.39, 0.29) is 16.7 Å². The molecule has 3 aliphatic rings. The normalized spacial score (nSPS) is 38.9. The van der Waals surface area contributed by atoms with Gasteiger partial charge in [-0.1, -0.05) is 32.9 Å². The fourth-order valence-electron chi connectivity index (χ4n) is 5.53. The Morgan fingerprint density at radius 1 is 1.33 bits per heavy atom. The van der Waals surface area contributed by atoms with E-state index < -0.39 is 5.97 Å². The number of hydrogen-bond donors (Lipinski definition) is 2. The van der Waals surface area contributed by atoms with Gasteiger partial charge in [0, 0.05) is 23.1 Å². The van der Waals surface area contributed by atoms with Crippen molar-refractivity contribution in [3.8, 4) is 0 Å². The minimum absolute atomic E-state index is 0.0691. The monoisotopic (exact) mass is 331 g/mol. The van der Waals surface area contributed by atoms with Crippen LogP contribution in [0.1, 0.15) is 59.3 Å². The number of aliphatic carboxylic acids is 1. The molecule has 2 unspecified atom stereocenters. The van der Waals surface area contributed by atoms with Crippen LogP contribution in [0.2, 0.25) is 0 Å². The number of carbonyl (C=O) groups excluding carboxylic acids is 1. The molecule has 0 spiro atoms. The Labute approximate surface area is 144 Å². The minimum atomic E-state index is -0.753. The van der Waals surface area contributed by atoms with E-state index in [1.807, 2.05) is 12.2 Å². The van der Waals surface area contributed by atoms with Crippen LogP contribution in [-0.4, -0.2) is 23.5 Å². The molecular formula is C20H29NO3. The zero-order valence-electron chi connectivity index (χ0n) is 15.0. The fraction of sp³-hybridized carbons (Fsp3) is 0.700. The number of fused-ring (bicyclic) bond motifs is 1. The Kier molecular flexibility index (Phi) is 4.35. The molecule has 4 heteroatoms. The molecule has 1 aliphatic heterocycles. The SMILES string of the molecule is CC1CC[C@@]2(C)C(C(=O)O)=CCCC2[C@@]1(C)CCC1=CCNC1=O. The summed E-state index contributed by atoms with van der Waals surface area (Å²) < 4.78 is 0. The number of carbonyl (C=O) groups is 2. The maximum Gasteiger partial charge on any atom is 0.331 e. The number of carboxylic acid groups (broad SMARTS) is 1. The van der Waals surface area contributed by atoms with Gasteiger partial charge in [0.15, 0.2) is 0 Å². The van der Waals surface area contributed by atoms with Gasteiger partial charge in [-0.05, 0) is 55.8 Å². The molecule has 3 rings (SSSR count). The average molecular weight is 331 g/mol. The minimum Gasteiger partial charge on any atom is -0.478 e. The lowest BCUT2D eigenvalue weighted by Crippen LogP contribution is -2.51. The Bertz CT molecular complexity index is 620. The largest absolute Gasteiger partial charge is 0.478 e. The van der Waals surface area contributed by atoms with Crippen LogP contribution in [0.4, 0.5) is 0 Å². The van der Waals surface area contributed by atoms with Crippen molar-refractivity contribution < 1.29 is 14.7 Å². The van der Waals surface area contributed by atoms with Gasteiger partial charge >= 0.3 is 5.97 Å². The first-order valence-corrected chi connectivity index (χ1v) is 9.20. The third kappa shape index (κ3) is 2.60. The molecule has 4 nitrogen and oxygen atoms in total. The molecule has 1 fully saturated rings. The van der Waals surface area contributed by atoms with Gasteiger partial charge in [-0.3, -0.25) is 4.79 Å². The highest BCUT2D eigenvalue weighted by Gasteiger charge is 2.55. The number of nitrogens with one attached hydrogen (secondary N) is 1. The van der Waals surface area contributed by atoms with Gasteiger partial charge in [-0.15, -0.1) is 0 Å². The molecular weight excluding hydrogens is 302 g/mol. The van der Waals surface area contributed by atoms with E-state index >= 15 is 0 Å². The Balaban J connectivity index is 1.87. The van der Waals surface area contributed by atoms with E-state index in [2.05, 4.69) is 26.1 Å². The van der Waals surface area contributed by atoms with Gasteiger partial charge in [0.05, 0.1) is 0 Å². The Hall–Kier alpha value is -1.58. The van der Waals surface area contributed by atoms with Gasteiger partial charge in [-0.25, -0.2) is 4.79 Å². The third-order valence-corrected chi connectivity index (χ3v) is 7.27. The van der Waals surface area contributed by atoms with E-state index in [0.29, 0.717) is 24.0 Å². The Morgan fingerprint density at radius 3 is 2.71 bits per heavy atom. The van der Waals surface area contributed by atoms with Crippen LogP contribution in [-0.2, 0) is 9.59 Å². The first-order chi connectivity index (χ1) is 11.3. The number of carboxylic acids is 1. The van der Waals surface area contributed by atoms with Gasteiger partial charge in [0.1, 0.15) is 0 Å². The maximum absolute atomic E-state index is 11.9.